The standard InChI is InChI=1S/C7H12N2S/c1-5(2)3-7-6(8)4-9-10-7/h4-5H,3,8H2,1-2H3. The Labute approximate surface area is 65.2 Å². The molecule has 10 heavy (non-hydrogen) atoms. The number of aromatic nitrogens is 1. The third-order valence-electron chi connectivity index (χ3n) is 1.27. The van der Waals surface area contributed by atoms with Crippen LogP contribution in [-0.2, 0) is 6.42 Å². The van der Waals surface area contributed by atoms with Crippen LogP contribution >= 0.6 is 11.5 Å². The Hall–Kier alpha value is -0.570. The van der Waals surface area contributed by atoms with Crippen molar-refractivity contribution in [1.29, 1.82) is 0 Å². The van der Waals surface area contributed by atoms with Crippen molar-refractivity contribution >= 4 is 17.2 Å². The Bertz CT molecular complexity index is 205. The molecule has 0 unspecified atom stereocenters. The highest BCUT2D eigenvalue weighted by Gasteiger charge is 2.03. The molecule has 0 spiro atoms. The van der Waals surface area contributed by atoms with Crippen LogP contribution in [0.3, 0.4) is 0 Å². The van der Waals surface area contributed by atoms with Crippen LogP contribution in [0.2, 0.25) is 0 Å². The van der Waals surface area contributed by atoms with Gasteiger partial charge in [0.15, 0.2) is 0 Å². The normalized spacial score (nSPS) is 10.7. The lowest BCUT2D eigenvalue weighted by atomic mass is 10.1. The van der Waals surface area contributed by atoms with Gasteiger partial charge in [0.2, 0.25) is 0 Å². The molecular formula is C7H12N2S. The van der Waals surface area contributed by atoms with Crippen molar-refractivity contribution in [3.63, 3.8) is 0 Å². The molecule has 0 amide bonds. The van der Waals surface area contributed by atoms with Gasteiger partial charge in [0, 0.05) is 4.88 Å². The van der Waals surface area contributed by atoms with Gasteiger partial charge in [-0.2, -0.15) is 4.37 Å². The Morgan fingerprint density at radius 3 is 2.80 bits per heavy atom. The summed E-state index contributed by atoms with van der Waals surface area (Å²) in [5, 5.41) is 0. The molecule has 1 heterocycles. The number of nitrogen functional groups attached to an aromatic ring is 1. The summed E-state index contributed by atoms with van der Waals surface area (Å²) in [7, 11) is 0. The van der Waals surface area contributed by atoms with E-state index in [1.165, 1.54) is 16.4 Å². The van der Waals surface area contributed by atoms with E-state index in [4.69, 9.17) is 5.73 Å². The van der Waals surface area contributed by atoms with Crippen molar-refractivity contribution in [2.24, 2.45) is 5.92 Å². The first-order valence-corrected chi connectivity index (χ1v) is 4.16. The predicted octanol–water partition coefficient (Wildman–Crippen LogP) is 1.92. The molecular weight excluding hydrogens is 144 g/mol. The van der Waals surface area contributed by atoms with E-state index in [2.05, 4.69) is 18.2 Å². The zero-order chi connectivity index (χ0) is 7.56. The van der Waals surface area contributed by atoms with Crippen LogP contribution in [-0.4, -0.2) is 4.37 Å². The molecule has 0 saturated heterocycles. The van der Waals surface area contributed by atoms with Crippen LogP contribution in [0.15, 0.2) is 6.20 Å². The van der Waals surface area contributed by atoms with Gasteiger partial charge in [0.1, 0.15) is 0 Å². The SMILES string of the molecule is CC(C)Cc1sncc1N. The lowest BCUT2D eigenvalue weighted by molar-refractivity contribution is 0.655. The lowest BCUT2D eigenvalue weighted by Gasteiger charge is -2.00. The Morgan fingerprint density at radius 1 is 1.70 bits per heavy atom. The Kier molecular flexibility index (Phi) is 2.27. The summed E-state index contributed by atoms with van der Waals surface area (Å²) >= 11 is 1.50. The maximum atomic E-state index is 5.64. The molecule has 1 aromatic heterocycles. The van der Waals surface area contributed by atoms with E-state index in [0.29, 0.717) is 5.92 Å². The molecule has 0 aliphatic carbocycles. The second-order valence-electron chi connectivity index (χ2n) is 2.80. The van der Waals surface area contributed by atoms with Crippen LogP contribution in [0.25, 0.3) is 0 Å². The topological polar surface area (TPSA) is 38.9 Å². The molecule has 0 saturated carbocycles. The van der Waals surface area contributed by atoms with Crippen LogP contribution in [0.4, 0.5) is 5.69 Å². The van der Waals surface area contributed by atoms with Crippen molar-refractivity contribution in [3.8, 4) is 0 Å². The van der Waals surface area contributed by atoms with Gasteiger partial charge in [0.25, 0.3) is 0 Å². The molecule has 2 nitrogen and oxygen atoms in total. The molecule has 0 fully saturated rings. The largest absolute Gasteiger partial charge is 0.397 e. The molecule has 0 radical (unpaired) electrons. The van der Waals surface area contributed by atoms with Crippen LogP contribution in [0, 0.1) is 5.92 Å². The molecule has 56 valence electrons. The summed E-state index contributed by atoms with van der Waals surface area (Å²) in [5.41, 5.74) is 6.48. The number of hydrogen-bond donors (Lipinski definition) is 1. The van der Waals surface area contributed by atoms with Crippen molar-refractivity contribution in [2.45, 2.75) is 20.3 Å². The minimum atomic E-state index is 0.669. The number of anilines is 1. The summed E-state index contributed by atoms with van der Waals surface area (Å²) in [4.78, 5) is 1.22. The van der Waals surface area contributed by atoms with Gasteiger partial charge in [-0.05, 0) is 23.9 Å². The third kappa shape index (κ3) is 1.70. The number of rotatable bonds is 2. The van der Waals surface area contributed by atoms with E-state index in [0.717, 1.165) is 12.1 Å². The summed E-state index contributed by atoms with van der Waals surface area (Å²) in [6.45, 7) is 4.36. The van der Waals surface area contributed by atoms with Crippen molar-refractivity contribution < 1.29 is 0 Å². The summed E-state index contributed by atoms with van der Waals surface area (Å²) in [5.74, 6) is 0.669. The van der Waals surface area contributed by atoms with Gasteiger partial charge in [-0.1, -0.05) is 13.8 Å². The summed E-state index contributed by atoms with van der Waals surface area (Å²) in [6, 6.07) is 0. The number of nitrogens with zero attached hydrogens (tertiary/aromatic N) is 1. The van der Waals surface area contributed by atoms with Gasteiger partial charge >= 0.3 is 0 Å². The summed E-state index contributed by atoms with van der Waals surface area (Å²) < 4.78 is 3.99. The predicted molar refractivity (Wildman–Crippen MR) is 45.1 cm³/mol. The molecule has 0 bridgehead atoms. The highest BCUT2D eigenvalue weighted by atomic mass is 32.1. The highest BCUT2D eigenvalue weighted by molar-refractivity contribution is 7.06. The maximum Gasteiger partial charge on any atom is 0.0659 e. The fourth-order valence-corrected chi connectivity index (χ4v) is 1.66. The monoisotopic (exact) mass is 156 g/mol. The Morgan fingerprint density at radius 2 is 2.40 bits per heavy atom. The van der Waals surface area contributed by atoms with Crippen LogP contribution in [0.1, 0.15) is 18.7 Å². The van der Waals surface area contributed by atoms with E-state index >= 15 is 0 Å². The second-order valence-corrected chi connectivity index (χ2v) is 3.69. The minimum absolute atomic E-state index is 0.669. The smallest absolute Gasteiger partial charge is 0.0659 e. The van der Waals surface area contributed by atoms with Crippen molar-refractivity contribution in [3.05, 3.63) is 11.1 Å². The first kappa shape index (κ1) is 7.54. The molecule has 2 N–H and O–H groups in total. The van der Waals surface area contributed by atoms with Gasteiger partial charge < -0.3 is 5.73 Å². The van der Waals surface area contributed by atoms with E-state index < -0.39 is 0 Å². The van der Waals surface area contributed by atoms with Gasteiger partial charge in [0.05, 0.1) is 11.9 Å². The molecule has 0 aliphatic heterocycles. The van der Waals surface area contributed by atoms with Crippen LogP contribution in [0.5, 0.6) is 0 Å². The molecule has 0 aliphatic rings. The first-order chi connectivity index (χ1) is 4.70. The molecule has 3 heteroatoms. The number of nitrogens with two attached hydrogens (primary N) is 1. The maximum absolute atomic E-state index is 5.64. The second kappa shape index (κ2) is 3.01. The average Bonchev–Trinajstić information content (AvgIpc) is 2.15. The average molecular weight is 156 g/mol. The van der Waals surface area contributed by atoms with E-state index in [-0.39, 0.29) is 0 Å². The quantitative estimate of drug-likeness (QED) is 0.710. The molecule has 1 aromatic rings. The van der Waals surface area contributed by atoms with Gasteiger partial charge in [-0.3, -0.25) is 0 Å². The number of hydrogen-bond acceptors (Lipinski definition) is 3. The van der Waals surface area contributed by atoms with E-state index in [1.54, 1.807) is 6.20 Å². The molecule has 0 atom stereocenters. The lowest BCUT2D eigenvalue weighted by Crippen LogP contribution is -1.94. The van der Waals surface area contributed by atoms with Gasteiger partial charge in [-0.25, -0.2) is 0 Å². The molecule has 1 rings (SSSR count). The first-order valence-electron chi connectivity index (χ1n) is 3.39. The van der Waals surface area contributed by atoms with Crippen molar-refractivity contribution in [2.75, 3.05) is 5.73 Å². The highest BCUT2D eigenvalue weighted by Crippen LogP contribution is 2.19. The molecule has 0 aromatic carbocycles. The minimum Gasteiger partial charge on any atom is -0.397 e. The fourth-order valence-electron chi connectivity index (χ4n) is 0.797. The zero-order valence-corrected chi connectivity index (χ0v) is 7.11. The Balaban J connectivity index is 2.65. The van der Waals surface area contributed by atoms with Crippen molar-refractivity contribution in [1.82, 2.24) is 4.37 Å². The van der Waals surface area contributed by atoms with Crippen LogP contribution < -0.4 is 5.73 Å². The zero-order valence-electron chi connectivity index (χ0n) is 6.29. The van der Waals surface area contributed by atoms with E-state index in [9.17, 15) is 0 Å². The fraction of sp³-hybridized carbons (Fsp3) is 0.571. The summed E-state index contributed by atoms with van der Waals surface area (Å²) in [6.07, 6.45) is 2.78. The third-order valence-corrected chi connectivity index (χ3v) is 2.10. The van der Waals surface area contributed by atoms with E-state index in [1.807, 2.05) is 0 Å². The van der Waals surface area contributed by atoms with Gasteiger partial charge in [-0.15, -0.1) is 0 Å².